The van der Waals surface area contributed by atoms with Gasteiger partial charge in [0.15, 0.2) is 0 Å². The lowest BCUT2D eigenvalue weighted by Gasteiger charge is -2.19. The van der Waals surface area contributed by atoms with Crippen LogP contribution < -0.4 is 0 Å². The van der Waals surface area contributed by atoms with Crippen LogP contribution >= 0.6 is 0 Å². The van der Waals surface area contributed by atoms with Crippen LogP contribution in [0.5, 0.6) is 0 Å². The smallest absolute Gasteiger partial charge is 0.313 e. The summed E-state index contributed by atoms with van der Waals surface area (Å²) in [4.78, 5) is 14.7. The topological polar surface area (TPSA) is 50.2 Å². The van der Waals surface area contributed by atoms with Gasteiger partial charge in [0, 0.05) is 6.20 Å². The molecular formula is C10H12FNO2. The summed E-state index contributed by atoms with van der Waals surface area (Å²) in [5.41, 5.74) is -0.468. The number of carbonyl (C=O) groups is 1. The summed E-state index contributed by atoms with van der Waals surface area (Å²) >= 11 is 0. The molecule has 0 spiro atoms. The minimum atomic E-state index is -1.11. The third-order valence-electron chi connectivity index (χ3n) is 2.28. The van der Waals surface area contributed by atoms with Crippen molar-refractivity contribution in [2.24, 2.45) is 0 Å². The van der Waals surface area contributed by atoms with Crippen molar-refractivity contribution in [1.82, 2.24) is 4.98 Å². The van der Waals surface area contributed by atoms with E-state index in [1.54, 1.807) is 0 Å². The average molecular weight is 197 g/mol. The van der Waals surface area contributed by atoms with Gasteiger partial charge in [0.05, 0.1) is 11.1 Å². The molecule has 0 bridgehead atoms. The molecule has 1 rings (SSSR count). The van der Waals surface area contributed by atoms with Crippen LogP contribution in [0.3, 0.4) is 0 Å². The van der Waals surface area contributed by atoms with Gasteiger partial charge in [-0.25, -0.2) is 4.39 Å². The van der Waals surface area contributed by atoms with Crippen LogP contribution in [0, 0.1) is 12.7 Å². The molecule has 0 saturated heterocycles. The number of carboxylic acids is 1. The standard InChI is InChI=1S/C10H12FNO2/c1-6-8(11)4-7(5-12-6)10(2,3)9(13)14/h4-5H,1-3H3,(H,13,14). The van der Waals surface area contributed by atoms with Gasteiger partial charge in [-0.3, -0.25) is 9.78 Å². The highest BCUT2D eigenvalue weighted by molar-refractivity contribution is 5.80. The number of aromatic nitrogens is 1. The van der Waals surface area contributed by atoms with Crippen LogP contribution in [0.15, 0.2) is 12.3 Å². The van der Waals surface area contributed by atoms with Crippen molar-refractivity contribution in [2.45, 2.75) is 26.2 Å². The number of hydrogen-bond acceptors (Lipinski definition) is 2. The molecule has 4 heteroatoms. The second-order valence-electron chi connectivity index (χ2n) is 3.72. The van der Waals surface area contributed by atoms with E-state index in [1.165, 1.54) is 33.0 Å². The summed E-state index contributed by atoms with van der Waals surface area (Å²) in [7, 11) is 0. The minimum Gasteiger partial charge on any atom is -0.481 e. The fourth-order valence-electron chi connectivity index (χ4n) is 0.972. The number of carboxylic acid groups (broad SMARTS) is 1. The molecule has 3 nitrogen and oxygen atoms in total. The first-order valence-corrected chi connectivity index (χ1v) is 4.21. The van der Waals surface area contributed by atoms with E-state index in [0.29, 0.717) is 5.56 Å². The lowest BCUT2D eigenvalue weighted by Crippen LogP contribution is -2.28. The third kappa shape index (κ3) is 1.73. The van der Waals surface area contributed by atoms with Crippen LogP contribution in [0.4, 0.5) is 4.39 Å². The Bertz CT molecular complexity index is 374. The van der Waals surface area contributed by atoms with Gasteiger partial charge in [0.2, 0.25) is 0 Å². The Morgan fingerprint density at radius 2 is 2.14 bits per heavy atom. The van der Waals surface area contributed by atoms with E-state index >= 15 is 0 Å². The average Bonchev–Trinajstić information content (AvgIpc) is 2.09. The molecule has 0 amide bonds. The SMILES string of the molecule is Cc1ncc(C(C)(C)C(=O)O)cc1F. The van der Waals surface area contributed by atoms with Gasteiger partial charge in [-0.1, -0.05) is 0 Å². The maximum atomic E-state index is 13.1. The fraction of sp³-hybridized carbons (Fsp3) is 0.400. The Balaban J connectivity index is 3.21. The number of aryl methyl sites for hydroxylation is 1. The van der Waals surface area contributed by atoms with Crippen LogP contribution in [0.25, 0.3) is 0 Å². The van der Waals surface area contributed by atoms with Crippen molar-refractivity contribution in [3.8, 4) is 0 Å². The molecular weight excluding hydrogens is 185 g/mol. The van der Waals surface area contributed by atoms with E-state index in [0.717, 1.165) is 0 Å². The second kappa shape index (κ2) is 3.36. The summed E-state index contributed by atoms with van der Waals surface area (Å²) in [6.45, 7) is 4.56. The lowest BCUT2D eigenvalue weighted by molar-refractivity contribution is -0.142. The molecule has 0 saturated carbocycles. The van der Waals surface area contributed by atoms with Gasteiger partial charge in [0.25, 0.3) is 0 Å². The highest BCUT2D eigenvalue weighted by atomic mass is 19.1. The largest absolute Gasteiger partial charge is 0.481 e. The van der Waals surface area contributed by atoms with Gasteiger partial charge < -0.3 is 5.11 Å². The quantitative estimate of drug-likeness (QED) is 0.787. The molecule has 76 valence electrons. The summed E-state index contributed by atoms with van der Waals surface area (Å²) in [6.07, 6.45) is 1.40. The Morgan fingerprint density at radius 1 is 1.57 bits per heavy atom. The van der Waals surface area contributed by atoms with Crippen molar-refractivity contribution in [3.05, 3.63) is 29.3 Å². The molecule has 0 aromatic carbocycles. The van der Waals surface area contributed by atoms with Crippen molar-refractivity contribution < 1.29 is 14.3 Å². The van der Waals surface area contributed by atoms with Crippen molar-refractivity contribution >= 4 is 5.97 Å². The normalized spacial score (nSPS) is 11.4. The predicted molar refractivity (Wildman–Crippen MR) is 49.6 cm³/mol. The maximum absolute atomic E-state index is 13.1. The number of aliphatic carboxylic acids is 1. The molecule has 0 fully saturated rings. The number of halogens is 1. The molecule has 1 heterocycles. The Hall–Kier alpha value is -1.45. The van der Waals surface area contributed by atoms with Gasteiger partial charge in [-0.2, -0.15) is 0 Å². The number of hydrogen-bond donors (Lipinski definition) is 1. The van der Waals surface area contributed by atoms with Crippen LogP contribution in [-0.4, -0.2) is 16.1 Å². The first-order chi connectivity index (χ1) is 6.35. The summed E-state index contributed by atoms with van der Waals surface area (Å²) in [5, 5.41) is 8.90. The third-order valence-corrected chi connectivity index (χ3v) is 2.28. The lowest BCUT2D eigenvalue weighted by atomic mass is 9.86. The van der Waals surface area contributed by atoms with Crippen LogP contribution in [0.2, 0.25) is 0 Å². The molecule has 14 heavy (non-hydrogen) atoms. The van der Waals surface area contributed by atoms with Gasteiger partial charge in [-0.05, 0) is 32.4 Å². The molecule has 0 atom stereocenters. The zero-order valence-corrected chi connectivity index (χ0v) is 8.34. The number of pyridine rings is 1. The van der Waals surface area contributed by atoms with Gasteiger partial charge in [-0.15, -0.1) is 0 Å². The Morgan fingerprint density at radius 3 is 2.57 bits per heavy atom. The second-order valence-corrected chi connectivity index (χ2v) is 3.72. The summed E-state index contributed by atoms with van der Waals surface area (Å²) in [5.74, 6) is -1.47. The zero-order chi connectivity index (χ0) is 10.9. The Kier molecular flexibility index (Phi) is 2.55. The molecule has 0 unspecified atom stereocenters. The van der Waals surface area contributed by atoms with Gasteiger partial charge in [0.1, 0.15) is 5.82 Å². The minimum absolute atomic E-state index is 0.273. The monoisotopic (exact) mass is 197 g/mol. The fourth-order valence-corrected chi connectivity index (χ4v) is 0.972. The first-order valence-electron chi connectivity index (χ1n) is 4.21. The predicted octanol–water partition coefficient (Wildman–Crippen LogP) is 1.89. The van der Waals surface area contributed by atoms with Crippen molar-refractivity contribution in [1.29, 1.82) is 0 Å². The highest BCUT2D eigenvalue weighted by Gasteiger charge is 2.30. The highest BCUT2D eigenvalue weighted by Crippen LogP contribution is 2.23. The van der Waals surface area contributed by atoms with Crippen LogP contribution in [0.1, 0.15) is 25.1 Å². The molecule has 0 radical (unpaired) electrons. The molecule has 1 N–H and O–H groups in total. The Labute approximate surface area is 81.6 Å². The van der Waals surface area contributed by atoms with Gasteiger partial charge >= 0.3 is 5.97 Å². The molecule has 1 aromatic rings. The van der Waals surface area contributed by atoms with Crippen molar-refractivity contribution in [2.75, 3.05) is 0 Å². The van der Waals surface area contributed by atoms with E-state index in [1.807, 2.05) is 0 Å². The maximum Gasteiger partial charge on any atom is 0.313 e. The van der Waals surface area contributed by atoms with E-state index in [4.69, 9.17) is 5.11 Å². The molecule has 0 aliphatic rings. The van der Waals surface area contributed by atoms with E-state index in [2.05, 4.69) is 4.98 Å². The number of nitrogens with zero attached hydrogens (tertiary/aromatic N) is 1. The van der Waals surface area contributed by atoms with Crippen LogP contribution in [-0.2, 0) is 10.2 Å². The van der Waals surface area contributed by atoms with E-state index in [-0.39, 0.29) is 5.69 Å². The first kappa shape index (κ1) is 10.6. The molecule has 0 aliphatic carbocycles. The summed E-state index contributed by atoms with van der Waals surface area (Å²) in [6, 6.07) is 1.22. The molecule has 0 aliphatic heterocycles. The zero-order valence-electron chi connectivity index (χ0n) is 8.34. The van der Waals surface area contributed by atoms with E-state index < -0.39 is 17.2 Å². The van der Waals surface area contributed by atoms with Crippen molar-refractivity contribution in [3.63, 3.8) is 0 Å². The van der Waals surface area contributed by atoms with E-state index in [9.17, 15) is 9.18 Å². The molecule has 1 aromatic heterocycles. The number of rotatable bonds is 2. The summed E-state index contributed by atoms with van der Waals surface area (Å²) < 4.78 is 13.1.